The van der Waals surface area contributed by atoms with Crippen molar-refractivity contribution < 1.29 is 23.4 Å². The van der Waals surface area contributed by atoms with Gasteiger partial charge in [-0.05, 0) is 0 Å². The van der Waals surface area contributed by atoms with Crippen LogP contribution in [0, 0.1) is 0 Å². The number of hydrogen-bond acceptors (Lipinski definition) is 0. The van der Waals surface area contributed by atoms with Crippen LogP contribution >= 0.6 is 0 Å². The smallest absolute Gasteiger partial charge is 1.00 e. The van der Waals surface area contributed by atoms with Gasteiger partial charge in [0.05, 0.1) is 0 Å². The van der Waals surface area contributed by atoms with Gasteiger partial charge in [0.2, 0.25) is 0 Å². The van der Waals surface area contributed by atoms with Crippen molar-refractivity contribution in [2.75, 3.05) is 0 Å². The van der Waals surface area contributed by atoms with Gasteiger partial charge in [-0.15, -0.1) is 0 Å². The van der Waals surface area contributed by atoms with E-state index in [0.717, 1.165) is 0 Å². The second kappa shape index (κ2) is 22.4. The minimum absolute atomic E-state index is 0. The second-order valence-corrected chi connectivity index (χ2v) is 0. The van der Waals surface area contributed by atoms with Gasteiger partial charge in [0.25, 0.3) is 0 Å². The zero-order chi connectivity index (χ0) is 0. The third-order valence-electron chi connectivity index (χ3n) is 0. The van der Waals surface area contributed by atoms with Crippen molar-refractivity contribution in [1.82, 2.24) is 0 Å². The number of hydrogen-bond donors (Lipinski definition) is 0. The van der Waals surface area contributed by atoms with Crippen LogP contribution in [0.25, 0.3) is 0 Å². The van der Waals surface area contributed by atoms with E-state index < -0.39 is 0 Å². The van der Waals surface area contributed by atoms with Crippen molar-refractivity contribution >= 4 is 45.5 Å². The van der Waals surface area contributed by atoms with Crippen molar-refractivity contribution in [3.8, 4) is 0 Å². The van der Waals surface area contributed by atoms with Crippen LogP contribution in [0.1, 0.15) is 0 Å². The maximum absolute atomic E-state index is 0. The first-order valence-electron chi connectivity index (χ1n) is 0. The first-order valence-corrected chi connectivity index (χ1v) is 0. The summed E-state index contributed by atoms with van der Waals surface area (Å²) < 4.78 is 0. The van der Waals surface area contributed by atoms with Gasteiger partial charge in [0.15, 0.2) is 0 Å². The molecule has 0 unspecified atom stereocenters. The van der Waals surface area contributed by atoms with E-state index in [4.69, 9.17) is 0 Å². The largest absolute Gasteiger partial charge is 2.00 e. The van der Waals surface area contributed by atoms with Crippen LogP contribution in [0.15, 0.2) is 0 Å². The Bertz CT molecular complexity index is 6.00. The summed E-state index contributed by atoms with van der Waals surface area (Å²) in [5.41, 5.74) is 0. The Morgan fingerprint density at radius 3 is 0.750 bits per heavy atom. The molecule has 0 atom stereocenters. The number of halogens is 1. The van der Waals surface area contributed by atoms with Gasteiger partial charge in [0.1, 0.15) is 0 Å². The van der Waals surface area contributed by atoms with Crippen LogP contribution in [0.5, 0.6) is 0 Å². The normalized spacial score (nSPS) is 0. The van der Waals surface area contributed by atoms with Gasteiger partial charge in [-0.25, -0.2) is 0 Å². The summed E-state index contributed by atoms with van der Waals surface area (Å²) in [7, 11) is 0. The topological polar surface area (TPSA) is 63.0 Å². The van der Waals surface area contributed by atoms with E-state index in [-0.39, 0.29) is 68.8 Å². The standard InChI is InChI=1S/ClH.2H2O.Sr/h1H;2*1H2;/q;;;+2/p-1. The SMILES string of the molecule is O.O.[Cl-].[Sr+2]. The molecule has 0 fully saturated rings. The summed E-state index contributed by atoms with van der Waals surface area (Å²) in [5.74, 6) is 0. The van der Waals surface area contributed by atoms with Crippen LogP contribution in [-0.4, -0.2) is 56.4 Å². The summed E-state index contributed by atoms with van der Waals surface area (Å²) in [4.78, 5) is 0. The molecule has 0 radical (unpaired) electrons. The summed E-state index contributed by atoms with van der Waals surface area (Å²) in [5, 5.41) is 0. The van der Waals surface area contributed by atoms with E-state index in [9.17, 15) is 0 Å². The zero-order valence-corrected chi connectivity index (χ0v) is 6.32. The molecule has 0 heterocycles. The van der Waals surface area contributed by atoms with Crippen LogP contribution in [0.2, 0.25) is 0 Å². The molecule has 2 nitrogen and oxygen atoms in total. The molecule has 4 heavy (non-hydrogen) atoms. The van der Waals surface area contributed by atoms with Gasteiger partial charge in [-0.1, -0.05) is 0 Å². The maximum atomic E-state index is 0. The van der Waals surface area contributed by atoms with E-state index in [1.807, 2.05) is 0 Å². The van der Waals surface area contributed by atoms with Gasteiger partial charge < -0.3 is 23.4 Å². The van der Waals surface area contributed by atoms with Gasteiger partial charge in [-0.3, -0.25) is 0 Å². The zero-order valence-electron chi connectivity index (χ0n) is 2.09. The third kappa shape index (κ3) is 9.35. The van der Waals surface area contributed by atoms with E-state index in [1.165, 1.54) is 0 Å². The molecule has 0 amide bonds. The van der Waals surface area contributed by atoms with Crippen LogP contribution < -0.4 is 12.4 Å². The van der Waals surface area contributed by atoms with Crippen molar-refractivity contribution in [1.29, 1.82) is 0 Å². The first kappa shape index (κ1) is 43.8. The summed E-state index contributed by atoms with van der Waals surface area (Å²) in [6.07, 6.45) is 0. The van der Waals surface area contributed by atoms with E-state index in [2.05, 4.69) is 0 Å². The van der Waals surface area contributed by atoms with Crippen molar-refractivity contribution in [3.05, 3.63) is 0 Å². The summed E-state index contributed by atoms with van der Waals surface area (Å²) in [6.45, 7) is 0. The van der Waals surface area contributed by atoms with Crippen LogP contribution in [0.3, 0.4) is 0 Å². The quantitative estimate of drug-likeness (QED) is 0.318. The molecule has 0 spiro atoms. The molecule has 0 aliphatic rings. The molecule has 4 N–H and O–H groups in total. The molecule has 0 aromatic heterocycles. The molecule has 0 saturated heterocycles. The number of rotatable bonds is 0. The van der Waals surface area contributed by atoms with Crippen molar-refractivity contribution in [3.63, 3.8) is 0 Å². The van der Waals surface area contributed by atoms with Gasteiger partial charge in [-0.2, -0.15) is 0 Å². The van der Waals surface area contributed by atoms with E-state index in [1.54, 1.807) is 0 Å². The average Bonchev–Trinajstić information content (AvgIpc) is 0. The Hall–Kier alpha value is 1.69. The summed E-state index contributed by atoms with van der Waals surface area (Å²) >= 11 is 0. The molecular weight excluding hydrogens is 155 g/mol. The fraction of sp³-hybridized carbons (Fsp3) is 0. The Morgan fingerprint density at radius 1 is 0.750 bits per heavy atom. The molecular formula is H4ClO2Sr+. The molecule has 0 aliphatic carbocycles. The Morgan fingerprint density at radius 2 is 0.750 bits per heavy atom. The van der Waals surface area contributed by atoms with Gasteiger partial charge >= 0.3 is 45.5 Å². The molecule has 0 bridgehead atoms. The van der Waals surface area contributed by atoms with Gasteiger partial charge in [0, 0.05) is 0 Å². The van der Waals surface area contributed by atoms with E-state index >= 15 is 0 Å². The monoisotopic (exact) mass is 159 g/mol. The molecule has 0 rings (SSSR count). The van der Waals surface area contributed by atoms with Crippen LogP contribution in [0.4, 0.5) is 0 Å². The Kier molecular flexibility index (Phi) is 245. The molecule has 0 aliphatic heterocycles. The Labute approximate surface area is 67.9 Å². The molecule has 0 aromatic rings. The van der Waals surface area contributed by atoms with Crippen molar-refractivity contribution in [2.24, 2.45) is 0 Å². The predicted octanol–water partition coefficient (Wildman–Crippen LogP) is -5.03. The summed E-state index contributed by atoms with van der Waals surface area (Å²) in [6, 6.07) is 0. The third-order valence-corrected chi connectivity index (χ3v) is 0. The molecule has 0 saturated carbocycles. The second-order valence-electron chi connectivity index (χ2n) is 0. The van der Waals surface area contributed by atoms with E-state index in [0.29, 0.717) is 0 Å². The van der Waals surface area contributed by atoms with Crippen molar-refractivity contribution in [2.45, 2.75) is 0 Å². The average molecular weight is 159 g/mol. The molecule has 24 valence electrons. The predicted molar refractivity (Wildman–Crippen MR) is 13.0 cm³/mol. The minimum atomic E-state index is 0. The molecule has 0 aromatic carbocycles. The first-order chi connectivity index (χ1) is 0. The fourth-order valence-electron chi connectivity index (χ4n) is 0. The molecule has 4 heteroatoms. The minimum Gasteiger partial charge on any atom is -1.00 e. The maximum Gasteiger partial charge on any atom is 2.00 e. The Balaban J connectivity index is 0. The van der Waals surface area contributed by atoms with Crippen LogP contribution in [-0.2, 0) is 0 Å². The fourth-order valence-corrected chi connectivity index (χ4v) is 0.